The van der Waals surface area contributed by atoms with Crippen LogP contribution in [0.2, 0.25) is 5.02 Å². The topological polar surface area (TPSA) is 49.3 Å². The average molecular weight is 298 g/mol. The molecule has 2 rings (SSSR count). The molecule has 0 saturated heterocycles. The molecule has 0 radical (unpaired) electrons. The van der Waals surface area contributed by atoms with E-state index in [9.17, 15) is 4.79 Å². The summed E-state index contributed by atoms with van der Waals surface area (Å²) in [6.45, 7) is 2.47. The summed E-state index contributed by atoms with van der Waals surface area (Å²) in [5.74, 6) is 0.0533. The Morgan fingerprint density at radius 3 is 3.05 bits per heavy atom. The summed E-state index contributed by atoms with van der Waals surface area (Å²) in [6, 6.07) is 5.72. The van der Waals surface area contributed by atoms with Gasteiger partial charge in [0.1, 0.15) is 0 Å². The van der Waals surface area contributed by atoms with Crippen molar-refractivity contribution in [1.82, 2.24) is 5.32 Å². The minimum absolute atomic E-state index is 0.0278. The molecule has 2 N–H and O–H groups in total. The van der Waals surface area contributed by atoms with Crippen LogP contribution in [0.5, 0.6) is 0 Å². The minimum atomic E-state index is -0.0278. The molecule has 1 aromatic carbocycles. The maximum Gasteiger partial charge on any atom is 0.224 e. The molecule has 1 amide bonds. The number of aliphatic hydroxyl groups is 1. The van der Waals surface area contributed by atoms with Gasteiger partial charge in [0.05, 0.1) is 6.42 Å². The van der Waals surface area contributed by atoms with E-state index in [1.807, 2.05) is 30.5 Å². The van der Waals surface area contributed by atoms with Gasteiger partial charge in [-0.25, -0.2) is 0 Å². The molecule has 1 atom stereocenters. The van der Waals surface area contributed by atoms with E-state index in [1.165, 1.54) is 0 Å². The van der Waals surface area contributed by atoms with Gasteiger partial charge < -0.3 is 10.4 Å². The number of nitrogens with one attached hydrogen (secondary N) is 1. The summed E-state index contributed by atoms with van der Waals surface area (Å²) < 4.78 is 1.14. The van der Waals surface area contributed by atoms with E-state index in [1.54, 1.807) is 11.3 Å². The molecule has 0 aliphatic heterocycles. The fourth-order valence-corrected chi connectivity index (χ4v) is 2.89. The van der Waals surface area contributed by atoms with Gasteiger partial charge in [-0.2, -0.15) is 0 Å². The third kappa shape index (κ3) is 3.69. The number of amides is 1. The lowest BCUT2D eigenvalue weighted by molar-refractivity contribution is -0.120. The molecule has 1 heterocycles. The first-order valence-corrected chi connectivity index (χ1v) is 7.39. The van der Waals surface area contributed by atoms with E-state index < -0.39 is 0 Å². The molecule has 1 aromatic heterocycles. The molecule has 102 valence electrons. The van der Waals surface area contributed by atoms with Crippen LogP contribution in [0.15, 0.2) is 23.6 Å². The first kappa shape index (κ1) is 14.3. The minimum Gasteiger partial charge on any atom is -0.396 e. The Morgan fingerprint density at radius 2 is 2.32 bits per heavy atom. The molecule has 0 spiro atoms. The zero-order chi connectivity index (χ0) is 13.8. The molecular formula is C14H16ClNO2S. The Labute approximate surface area is 121 Å². The molecule has 19 heavy (non-hydrogen) atoms. The lowest BCUT2D eigenvalue weighted by atomic mass is 10.1. The second-order valence-electron chi connectivity index (χ2n) is 4.67. The van der Waals surface area contributed by atoms with E-state index >= 15 is 0 Å². The molecule has 0 aliphatic carbocycles. The summed E-state index contributed by atoms with van der Waals surface area (Å²) in [5.41, 5.74) is 0.997. The zero-order valence-corrected chi connectivity index (χ0v) is 12.2. The van der Waals surface area contributed by atoms with Crippen LogP contribution in [0.4, 0.5) is 0 Å². The van der Waals surface area contributed by atoms with Gasteiger partial charge in [-0.1, -0.05) is 18.5 Å². The number of benzene rings is 1. The lowest BCUT2D eigenvalue weighted by Crippen LogP contribution is -2.30. The highest BCUT2D eigenvalue weighted by Crippen LogP contribution is 2.28. The van der Waals surface area contributed by atoms with Gasteiger partial charge in [0.15, 0.2) is 0 Å². The van der Waals surface area contributed by atoms with Crippen LogP contribution >= 0.6 is 22.9 Å². The van der Waals surface area contributed by atoms with Gasteiger partial charge in [-0.05, 0) is 40.4 Å². The number of rotatable bonds is 5. The standard InChI is InChI=1S/C14H16ClNO2S/c1-9(7-17)6-16-14(18)4-10-8-19-13-3-2-11(15)5-12(10)13/h2-3,5,8-9,17H,4,6-7H2,1H3,(H,16,18). The van der Waals surface area contributed by atoms with Crippen molar-refractivity contribution < 1.29 is 9.90 Å². The van der Waals surface area contributed by atoms with E-state index in [-0.39, 0.29) is 18.4 Å². The Kier molecular flexibility index (Phi) is 4.80. The fraction of sp³-hybridized carbons (Fsp3) is 0.357. The van der Waals surface area contributed by atoms with E-state index in [2.05, 4.69) is 5.32 Å². The molecule has 5 heteroatoms. The maximum atomic E-state index is 11.8. The second kappa shape index (κ2) is 6.37. The second-order valence-corrected chi connectivity index (χ2v) is 6.02. The van der Waals surface area contributed by atoms with E-state index in [0.717, 1.165) is 15.6 Å². The molecule has 2 aromatic rings. The third-order valence-electron chi connectivity index (χ3n) is 2.93. The van der Waals surface area contributed by atoms with Crippen LogP contribution in [0.3, 0.4) is 0 Å². The van der Waals surface area contributed by atoms with Gasteiger partial charge in [-0.15, -0.1) is 11.3 Å². The predicted molar refractivity (Wildman–Crippen MR) is 79.8 cm³/mol. The summed E-state index contributed by atoms with van der Waals surface area (Å²) in [4.78, 5) is 11.8. The van der Waals surface area contributed by atoms with Crippen molar-refractivity contribution in [3.05, 3.63) is 34.2 Å². The highest BCUT2D eigenvalue weighted by Gasteiger charge is 2.10. The summed E-state index contributed by atoms with van der Waals surface area (Å²) >= 11 is 7.60. The van der Waals surface area contributed by atoms with Crippen LogP contribution < -0.4 is 5.32 Å². The summed E-state index contributed by atoms with van der Waals surface area (Å²) in [6.07, 6.45) is 0.346. The predicted octanol–water partition coefficient (Wildman–Crippen LogP) is 2.84. The van der Waals surface area contributed by atoms with Crippen molar-refractivity contribution in [3.8, 4) is 0 Å². The number of thiophene rings is 1. The van der Waals surface area contributed by atoms with Crippen molar-refractivity contribution in [2.24, 2.45) is 5.92 Å². The van der Waals surface area contributed by atoms with Crippen LogP contribution in [-0.2, 0) is 11.2 Å². The van der Waals surface area contributed by atoms with Crippen molar-refractivity contribution in [2.45, 2.75) is 13.3 Å². The number of halogens is 1. The number of carbonyl (C=O) groups excluding carboxylic acids is 1. The van der Waals surface area contributed by atoms with E-state index in [4.69, 9.17) is 16.7 Å². The maximum absolute atomic E-state index is 11.8. The Bertz CT molecular complexity index is 582. The Balaban J connectivity index is 2.05. The monoisotopic (exact) mass is 297 g/mol. The van der Waals surface area contributed by atoms with Crippen molar-refractivity contribution in [3.63, 3.8) is 0 Å². The van der Waals surface area contributed by atoms with Gasteiger partial charge in [0.25, 0.3) is 0 Å². The molecular weight excluding hydrogens is 282 g/mol. The Hall–Kier alpha value is -1.10. The fourth-order valence-electron chi connectivity index (χ4n) is 1.78. The van der Waals surface area contributed by atoms with E-state index in [0.29, 0.717) is 18.0 Å². The zero-order valence-electron chi connectivity index (χ0n) is 10.6. The van der Waals surface area contributed by atoms with Crippen LogP contribution in [-0.4, -0.2) is 24.2 Å². The number of carbonyl (C=O) groups is 1. The number of fused-ring (bicyclic) bond motifs is 1. The Morgan fingerprint density at radius 1 is 1.53 bits per heavy atom. The summed E-state index contributed by atoms with van der Waals surface area (Å²) in [5, 5.41) is 15.5. The first-order valence-electron chi connectivity index (χ1n) is 6.13. The van der Waals surface area contributed by atoms with Gasteiger partial charge >= 0.3 is 0 Å². The van der Waals surface area contributed by atoms with Crippen LogP contribution in [0.25, 0.3) is 10.1 Å². The highest BCUT2D eigenvalue weighted by atomic mass is 35.5. The molecule has 0 aliphatic rings. The molecule has 0 bridgehead atoms. The SMILES string of the molecule is CC(CO)CNC(=O)Cc1csc2ccc(Cl)cc12. The smallest absolute Gasteiger partial charge is 0.224 e. The highest BCUT2D eigenvalue weighted by molar-refractivity contribution is 7.17. The van der Waals surface area contributed by atoms with Gasteiger partial charge in [0.2, 0.25) is 5.91 Å². The third-order valence-corrected chi connectivity index (χ3v) is 4.17. The first-order chi connectivity index (χ1) is 9.10. The average Bonchev–Trinajstić information content (AvgIpc) is 2.78. The number of aliphatic hydroxyl groups excluding tert-OH is 1. The van der Waals surface area contributed by atoms with Gasteiger partial charge in [-0.3, -0.25) is 4.79 Å². The summed E-state index contributed by atoms with van der Waals surface area (Å²) in [7, 11) is 0. The van der Waals surface area contributed by atoms with Gasteiger partial charge in [0, 0.05) is 22.9 Å². The lowest BCUT2D eigenvalue weighted by Gasteiger charge is -2.09. The quantitative estimate of drug-likeness (QED) is 0.891. The van der Waals surface area contributed by atoms with Crippen molar-refractivity contribution in [2.75, 3.05) is 13.2 Å². The molecule has 1 unspecified atom stereocenters. The van der Waals surface area contributed by atoms with Crippen molar-refractivity contribution >= 4 is 38.9 Å². The molecule has 0 fully saturated rings. The molecule has 0 saturated carbocycles. The molecule has 3 nitrogen and oxygen atoms in total. The van der Waals surface area contributed by atoms with Crippen LogP contribution in [0, 0.1) is 5.92 Å². The van der Waals surface area contributed by atoms with Crippen LogP contribution in [0.1, 0.15) is 12.5 Å². The normalized spacial score (nSPS) is 12.6. The number of hydrogen-bond donors (Lipinski definition) is 2. The number of hydrogen-bond acceptors (Lipinski definition) is 3. The largest absolute Gasteiger partial charge is 0.396 e. The van der Waals surface area contributed by atoms with Crippen molar-refractivity contribution in [1.29, 1.82) is 0 Å².